The fourth-order valence-electron chi connectivity index (χ4n) is 2.70. The average Bonchev–Trinajstić information content (AvgIpc) is 2.56. The maximum Gasteiger partial charge on any atom is 0.324 e. The first-order valence-electron chi connectivity index (χ1n) is 7.25. The molecule has 0 bridgehead atoms. The Bertz CT molecular complexity index is 712. The zero-order valence-corrected chi connectivity index (χ0v) is 14.7. The van der Waals surface area contributed by atoms with Crippen LogP contribution in [0.2, 0.25) is 0 Å². The largest absolute Gasteiger partial charge is 0.480 e. The summed E-state index contributed by atoms with van der Waals surface area (Å²) in [5.74, 6) is -1.45. The lowest BCUT2D eigenvalue weighted by molar-refractivity contribution is -0.141. The van der Waals surface area contributed by atoms with Crippen molar-refractivity contribution in [3.8, 4) is 0 Å². The lowest BCUT2D eigenvalue weighted by Gasteiger charge is -2.41. The van der Waals surface area contributed by atoms with Crippen LogP contribution in [-0.4, -0.2) is 54.9 Å². The van der Waals surface area contributed by atoms with Gasteiger partial charge in [-0.1, -0.05) is 23.4 Å². The first kappa shape index (κ1) is 18.8. The van der Waals surface area contributed by atoms with E-state index in [-0.39, 0.29) is 23.1 Å². The number of nitroso groups, excluding NO2 is 1. The van der Waals surface area contributed by atoms with Crippen molar-refractivity contribution in [1.29, 1.82) is 0 Å². The van der Waals surface area contributed by atoms with Crippen LogP contribution in [0.25, 0.3) is 0 Å². The van der Waals surface area contributed by atoms with Gasteiger partial charge in [0.2, 0.25) is 10.0 Å². The molecule has 1 fully saturated rings. The lowest BCUT2D eigenvalue weighted by atomic mass is 9.82. The molecule has 8 nitrogen and oxygen atoms in total. The van der Waals surface area contributed by atoms with E-state index in [0.717, 1.165) is 0 Å². The Balaban J connectivity index is 2.35. The average molecular weight is 373 g/mol. The highest BCUT2D eigenvalue weighted by atomic mass is 32.2. The molecule has 1 heterocycles. The van der Waals surface area contributed by atoms with Gasteiger partial charge in [-0.3, -0.25) is 9.69 Å². The Morgan fingerprint density at radius 2 is 2.08 bits per heavy atom. The van der Waals surface area contributed by atoms with Gasteiger partial charge in [0.05, 0.1) is 10.3 Å². The zero-order chi connectivity index (χ0) is 18.0. The molecule has 1 aliphatic heterocycles. The topological polar surface area (TPSA) is 116 Å². The van der Waals surface area contributed by atoms with E-state index >= 15 is 0 Å². The lowest BCUT2D eigenvalue weighted by Crippen LogP contribution is -2.60. The highest BCUT2D eigenvalue weighted by Gasteiger charge is 2.50. The van der Waals surface area contributed by atoms with E-state index in [2.05, 4.69) is 22.5 Å². The summed E-state index contributed by atoms with van der Waals surface area (Å²) in [5.41, 5.74) is -1.59. The third-order valence-corrected chi connectivity index (χ3v) is 6.25. The second kappa shape index (κ2) is 7.18. The second-order valence-corrected chi connectivity index (χ2v) is 8.13. The number of likely N-dealkylation sites (tertiary alicyclic amines) is 1. The van der Waals surface area contributed by atoms with Crippen molar-refractivity contribution in [3.05, 3.63) is 35.2 Å². The summed E-state index contributed by atoms with van der Waals surface area (Å²) in [6.07, 6.45) is 0.155. The van der Waals surface area contributed by atoms with Gasteiger partial charge in [0.15, 0.2) is 0 Å². The second-order valence-electron chi connectivity index (χ2n) is 5.82. The monoisotopic (exact) mass is 373 g/mol. The van der Waals surface area contributed by atoms with E-state index in [4.69, 9.17) is 0 Å². The predicted molar refractivity (Wildman–Crippen MR) is 91.4 cm³/mol. The highest BCUT2D eigenvalue weighted by molar-refractivity contribution is 7.89. The molecule has 132 valence electrons. The number of benzene rings is 1. The molecule has 10 heteroatoms. The number of nitrogens with one attached hydrogen (secondary N) is 1. The van der Waals surface area contributed by atoms with Gasteiger partial charge in [0, 0.05) is 13.0 Å². The molecule has 0 radical (unpaired) electrons. The van der Waals surface area contributed by atoms with Gasteiger partial charge in [-0.25, -0.2) is 8.42 Å². The summed E-state index contributed by atoms with van der Waals surface area (Å²) < 4.78 is 27.0. The number of aliphatic carboxylic acids is 1. The van der Waals surface area contributed by atoms with Gasteiger partial charge < -0.3 is 5.11 Å². The predicted octanol–water partition coefficient (Wildman–Crippen LogP) is 0.905. The number of sulfonamides is 1. The Morgan fingerprint density at radius 3 is 2.58 bits per heavy atom. The van der Waals surface area contributed by atoms with Gasteiger partial charge in [-0.05, 0) is 25.6 Å². The molecule has 2 N–H and O–H groups in total. The van der Waals surface area contributed by atoms with Crippen LogP contribution in [0.15, 0.2) is 40.4 Å². The highest BCUT2D eigenvalue weighted by Crippen LogP contribution is 2.35. The molecule has 1 saturated heterocycles. The van der Waals surface area contributed by atoms with Gasteiger partial charge in [0.1, 0.15) is 11.6 Å². The van der Waals surface area contributed by atoms with Gasteiger partial charge in [-0.15, -0.1) is 0 Å². The van der Waals surface area contributed by atoms with Crippen LogP contribution in [0.3, 0.4) is 0 Å². The maximum atomic E-state index is 12.4. The minimum absolute atomic E-state index is 0.0321. The van der Waals surface area contributed by atoms with Crippen molar-refractivity contribution in [2.75, 3.05) is 13.6 Å². The Hall–Kier alpha value is -1.49. The summed E-state index contributed by atoms with van der Waals surface area (Å²) in [6.45, 7) is 0.386. The molecule has 24 heavy (non-hydrogen) atoms. The number of nitrogens with zero attached hydrogens (tertiary/aromatic N) is 2. The molecule has 1 aromatic rings. The molecule has 0 aliphatic carbocycles. The molecule has 1 aliphatic rings. The molecule has 0 spiro atoms. The summed E-state index contributed by atoms with van der Waals surface area (Å²) in [7, 11) is -2.31. The third kappa shape index (κ3) is 3.77. The fourth-order valence-corrected chi connectivity index (χ4v) is 4.42. The van der Waals surface area contributed by atoms with Crippen LogP contribution in [0.1, 0.15) is 12.8 Å². The number of hydrogen-bond acceptors (Lipinski definition) is 7. The molecule has 3 atom stereocenters. The summed E-state index contributed by atoms with van der Waals surface area (Å²) in [5, 5.41) is 12.2. The minimum Gasteiger partial charge on any atom is -0.480 e. The van der Waals surface area contributed by atoms with E-state index in [9.17, 15) is 23.2 Å². The minimum atomic E-state index is -4.10. The molecule has 2 unspecified atom stereocenters. The maximum absolute atomic E-state index is 12.4. The van der Waals surface area contributed by atoms with Gasteiger partial charge in [-0.2, -0.15) is 22.3 Å². The van der Waals surface area contributed by atoms with Crippen molar-refractivity contribution < 1.29 is 18.3 Å². The Labute approximate surface area is 145 Å². The first-order valence-corrected chi connectivity index (χ1v) is 9.25. The van der Waals surface area contributed by atoms with Crippen molar-refractivity contribution in [1.82, 2.24) is 9.62 Å². The quantitative estimate of drug-likeness (QED) is 0.504. The number of thiol groups is 1. The van der Waals surface area contributed by atoms with E-state index in [1.165, 1.54) is 24.3 Å². The molecular weight excluding hydrogens is 354 g/mol. The smallest absolute Gasteiger partial charge is 0.324 e. The normalized spacial score (nSPS) is 26.7. The van der Waals surface area contributed by atoms with Crippen LogP contribution in [-0.2, 0) is 14.8 Å². The van der Waals surface area contributed by atoms with E-state index in [1.54, 1.807) is 13.1 Å². The molecule has 2 rings (SSSR count). The van der Waals surface area contributed by atoms with Crippen LogP contribution >= 0.6 is 12.6 Å². The van der Waals surface area contributed by atoms with E-state index in [0.29, 0.717) is 6.54 Å². The zero-order valence-electron chi connectivity index (χ0n) is 13.0. The number of hydrogen-bond donors (Lipinski definition) is 3. The van der Waals surface area contributed by atoms with Crippen molar-refractivity contribution in [2.24, 2.45) is 5.18 Å². The van der Waals surface area contributed by atoms with Crippen LogP contribution in [0.4, 0.5) is 0 Å². The van der Waals surface area contributed by atoms with Crippen molar-refractivity contribution in [3.63, 3.8) is 0 Å². The summed E-state index contributed by atoms with van der Waals surface area (Å²) in [4.78, 5) is 25.0. The van der Waals surface area contributed by atoms with Crippen LogP contribution < -0.4 is 4.72 Å². The Morgan fingerprint density at radius 1 is 1.46 bits per heavy atom. The first-order chi connectivity index (χ1) is 11.2. The SMILES string of the molecule is CN1CCC(N=O)([C@H](NS(=O)(=O)c2ccccc2)C(=O)O)CC1S. The molecular formula is C14H19N3O5S2. The van der Waals surface area contributed by atoms with Crippen molar-refractivity contribution in [2.45, 2.75) is 34.7 Å². The number of carbonyl (C=O) groups is 1. The molecule has 0 saturated carbocycles. The van der Waals surface area contributed by atoms with E-state index in [1.807, 2.05) is 4.90 Å². The Kier molecular flexibility index (Phi) is 5.63. The van der Waals surface area contributed by atoms with Crippen LogP contribution in [0, 0.1) is 4.91 Å². The van der Waals surface area contributed by atoms with Gasteiger partial charge >= 0.3 is 5.97 Å². The van der Waals surface area contributed by atoms with Crippen molar-refractivity contribution >= 4 is 28.6 Å². The number of carboxylic acids is 1. The van der Waals surface area contributed by atoms with E-state index < -0.39 is 27.6 Å². The summed E-state index contributed by atoms with van der Waals surface area (Å²) in [6, 6.07) is 5.72. The molecule has 0 aromatic heterocycles. The summed E-state index contributed by atoms with van der Waals surface area (Å²) >= 11 is 4.32. The molecule has 1 aromatic carbocycles. The van der Waals surface area contributed by atoms with Crippen LogP contribution in [0.5, 0.6) is 0 Å². The third-order valence-electron chi connectivity index (χ3n) is 4.23. The standard InChI is InChI=1S/C14H19N3O5S2/c1-17-8-7-14(16-20,9-11(17)23)12(13(18)19)15-24(21,22)10-5-3-2-4-6-10/h2-6,11-12,15,23H,7-9H2,1H3,(H,18,19)/t11?,12-,14?/m1/s1. The molecule has 0 amide bonds. The number of piperidine rings is 1. The number of carboxylic acid groups (broad SMARTS) is 1. The number of rotatable bonds is 6. The fraction of sp³-hybridized carbons (Fsp3) is 0.500. The van der Waals surface area contributed by atoms with Gasteiger partial charge in [0.25, 0.3) is 0 Å².